The van der Waals surface area contributed by atoms with Crippen LogP contribution < -0.4 is 0 Å². The second-order valence-electron chi connectivity index (χ2n) is 6.18. The maximum atomic E-state index is 13.1. The van der Waals surface area contributed by atoms with Gasteiger partial charge in [0.2, 0.25) is 0 Å². The molecular weight excluding hydrogens is 377 g/mol. The van der Waals surface area contributed by atoms with E-state index in [0.29, 0.717) is 5.02 Å². The first-order chi connectivity index (χ1) is 13.0. The summed E-state index contributed by atoms with van der Waals surface area (Å²) in [6, 6.07) is 22.2. The number of aliphatic imine (C=N–C) groups is 1. The Balaban J connectivity index is 1.94. The van der Waals surface area contributed by atoms with Gasteiger partial charge < -0.3 is 0 Å². The quantitative estimate of drug-likeness (QED) is 0.320. The molecule has 3 aromatic rings. The first-order valence-corrected chi connectivity index (χ1v) is 9.78. The highest BCUT2D eigenvalue weighted by Crippen LogP contribution is 2.25. The van der Waals surface area contributed by atoms with E-state index in [9.17, 15) is 4.39 Å². The van der Waals surface area contributed by atoms with Gasteiger partial charge in [0.1, 0.15) is 5.82 Å². The Kier molecular flexibility index (Phi) is 6.49. The predicted molar refractivity (Wildman–Crippen MR) is 115 cm³/mol. The van der Waals surface area contributed by atoms with Crippen molar-refractivity contribution in [1.29, 1.82) is 0 Å². The lowest BCUT2D eigenvalue weighted by Gasteiger charge is -2.09. The van der Waals surface area contributed by atoms with Gasteiger partial charge in [0.25, 0.3) is 0 Å². The van der Waals surface area contributed by atoms with E-state index in [-0.39, 0.29) is 5.82 Å². The Labute approximate surface area is 168 Å². The first kappa shape index (κ1) is 19.4. The highest BCUT2D eigenvalue weighted by atomic mass is 35.5. The van der Waals surface area contributed by atoms with Crippen molar-refractivity contribution in [1.82, 2.24) is 0 Å². The number of rotatable bonds is 5. The van der Waals surface area contributed by atoms with Gasteiger partial charge in [0.05, 0.1) is 11.4 Å². The second-order valence-corrected chi connectivity index (χ2v) is 7.55. The number of allylic oxidation sites excluding steroid dienone is 1. The third-order valence-corrected chi connectivity index (χ3v) is 5.22. The zero-order valence-electron chi connectivity index (χ0n) is 15.1. The fourth-order valence-electron chi connectivity index (χ4n) is 2.46. The van der Waals surface area contributed by atoms with Crippen molar-refractivity contribution in [2.75, 3.05) is 0 Å². The molecule has 0 aliphatic rings. The molecule has 0 aromatic heterocycles. The minimum absolute atomic E-state index is 0.233. The van der Waals surface area contributed by atoms with Crippen LogP contribution in [-0.4, -0.2) is 5.71 Å². The number of hydrogen-bond acceptors (Lipinski definition) is 2. The largest absolute Gasteiger partial charge is 0.248 e. The second kappa shape index (κ2) is 9.03. The van der Waals surface area contributed by atoms with Crippen LogP contribution in [0.15, 0.2) is 93.7 Å². The standard InChI is InChI=1S/C23H19ClFNS/c1-16-3-11-21(12-4-16)26-23(18-5-7-19(24)8-6-18)17(2)15-27-22-13-9-20(25)10-14-22/h3-15H,1-2H3. The van der Waals surface area contributed by atoms with Crippen LogP contribution in [0.1, 0.15) is 18.1 Å². The van der Waals surface area contributed by atoms with Gasteiger partial charge in [-0.05, 0) is 73.4 Å². The van der Waals surface area contributed by atoms with E-state index < -0.39 is 0 Å². The smallest absolute Gasteiger partial charge is 0.123 e. The topological polar surface area (TPSA) is 12.4 Å². The van der Waals surface area contributed by atoms with Gasteiger partial charge in [0.15, 0.2) is 0 Å². The van der Waals surface area contributed by atoms with E-state index in [1.807, 2.05) is 60.9 Å². The molecule has 0 N–H and O–H groups in total. The molecule has 3 aromatic carbocycles. The zero-order valence-corrected chi connectivity index (χ0v) is 16.7. The Morgan fingerprint density at radius 3 is 2.19 bits per heavy atom. The maximum Gasteiger partial charge on any atom is 0.123 e. The molecule has 0 saturated heterocycles. The maximum absolute atomic E-state index is 13.1. The normalized spacial score (nSPS) is 12.3. The van der Waals surface area contributed by atoms with E-state index in [2.05, 4.69) is 6.92 Å². The molecule has 0 fully saturated rings. The predicted octanol–water partition coefficient (Wildman–Crippen LogP) is 7.60. The highest BCUT2D eigenvalue weighted by molar-refractivity contribution is 8.02. The van der Waals surface area contributed by atoms with Crippen molar-refractivity contribution >= 4 is 34.8 Å². The Hall–Kier alpha value is -2.36. The van der Waals surface area contributed by atoms with Crippen LogP contribution in [0.5, 0.6) is 0 Å². The molecule has 0 atom stereocenters. The average molecular weight is 396 g/mol. The summed E-state index contributed by atoms with van der Waals surface area (Å²) in [4.78, 5) is 5.83. The molecule has 0 radical (unpaired) electrons. The minimum atomic E-state index is -0.233. The van der Waals surface area contributed by atoms with E-state index in [1.54, 1.807) is 23.9 Å². The molecule has 0 heterocycles. The Bertz CT molecular complexity index is 959. The molecule has 3 rings (SSSR count). The third kappa shape index (κ3) is 5.56. The molecule has 0 unspecified atom stereocenters. The van der Waals surface area contributed by atoms with E-state index in [1.165, 1.54) is 17.7 Å². The molecule has 4 heteroatoms. The summed E-state index contributed by atoms with van der Waals surface area (Å²) in [6.45, 7) is 4.08. The lowest BCUT2D eigenvalue weighted by atomic mass is 10.0. The van der Waals surface area contributed by atoms with Crippen LogP contribution >= 0.6 is 23.4 Å². The number of halogens is 2. The SMILES string of the molecule is CC(=CSc1ccc(F)cc1)C(=Nc1ccc(C)cc1)c1ccc(Cl)cc1. The van der Waals surface area contributed by atoms with Crippen LogP contribution in [0.25, 0.3) is 0 Å². The number of hydrogen-bond donors (Lipinski definition) is 0. The van der Waals surface area contributed by atoms with Gasteiger partial charge in [-0.2, -0.15) is 0 Å². The van der Waals surface area contributed by atoms with Crippen LogP contribution in [0.2, 0.25) is 5.02 Å². The summed E-state index contributed by atoms with van der Waals surface area (Å²) in [5.74, 6) is -0.233. The summed E-state index contributed by atoms with van der Waals surface area (Å²) >= 11 is 7.58. The summed E-state index contributed by atoms with van der Waals surface area (Å²) in [5, 5.41) is 2.73. The van der Waals surface area contributed by atoms with Crippen molar-refractivity contribution in [2.45, 2.75) is 18.7 Å². The highest BCUT2D eigenvalue weighted by Gasteiger charge is 2.08. The van der Waals surface area contributed by atoms with E-state index >= 15 is 0 Å². The zero-order chi connectivity index (χ0) is 19.2. The fourth-order valence-corrected chi connectivity index (χ4v) is 3.31. The minimum Gasteiger partial charge on any atom is -0.248 e. The molecule has 0 amide bonds. The fraction of sp³-hybridized carbons (Fsp3) is 0.0870. The van der Waals surface area contributed by atoms with Gasteiger partial charge in [0, 0.05) is 15.5 Å². The molecule has 1 nitrogen and oxygen atoms in total. The Morgan fingerprint density at radius 2 is 1.56 bits per heavy atom. The van der Waals surface area contributed by atoms with E-state index in [0.717, 1.165) is 27.4 Å². The lowest BCUT2D eigenvalue weighted by Crippen LogP contribution is -2.02. The van der Waals surface area contributed by atoms with Crippen LogP contribution in [0, 0.1) is 12.7 Å². The summed E-state index contributed by atoms with van der Waals surface area (Å²) in [6.07, 6.45) is 0. The molecule has 0 saturated carbocycles. The van der Waals surface area contributed by atoms with Crippen LogP contribution in [-0.2, 0) is 0 Å². The van der Waals surface area contributed by atoms with Crippen molar-refractivity contribution in [3.05, 3.63) is 106 Å². The molecule has 0 aliphatic carbocycles. The number of aryl methyl sites for hydroxylation is 1. The first-order valence-electron chi connectivity index (χ1n) is 8.52. The van der Waals surface area contributed by atoms with Crippen molar-refractivity contribution in [2.24, 2.45) is 4.99 Å². The summed E-state index contributed by atoms with van der Waals surface area (Å²) < 4.78 is 13.1. The molecule has 27 heavy (non-hydrogen) atoms. The third-order valence-electron chi connectivity index (χ3n) is 3.95. The van der Waals surface area contributed by atoms with Gasteiger partial charge in [-0.3, -0.25) is 0 Å². The monoisotopic (exact) mass is 395 g/mol. The molecule has 0 aliphatic heterocycles. The van der Waals surface area contributed by atoms with Gasteiger partial charge in [-0.15, -0.1) is 0 Å². The lowest BCUT2D eigenvalue weighted by molar-refractivity contribution is 0.626. The summed E-state index contributed by atoms with van der Waals surface area (Å²) in [7, 11) is 0. The number of thioether (sulfide) groups is 1. The van der Waals surface area contributed by atoms with Gasteiger partial charge >= 0.3 is 0 Å². The number of nitrogens with zero attached hydrogens (tertiary/aromatic N) is 1. The van der Waals surface area contributed by atoms with E-state index in [4.69, 9.17) is 16.6 Å². The van der Waals surface area contributed by atoms with Crippen LogP contribution in [0.3, 0.4) is 0 Å². The van der Waals surface area contributed by atoms with Gasteiger partial charge in [-0.1, -0.05) is 53.2 Å². The average Bonchev–Trinajstić information content (AvgIpc) is 2.68. The molecule has 136 valence electrons. The van der Waals surface area contributed by atoms with Gasteiger partial charge in [-0.25, -0.2) is 9.38 Å². The molecular formula is C23H19ClFNS. The summed E-state index contributed by atoms with van der Waals surface area (Å²) in [5.41, 5.74) is 4.98. The van der Waals surface area contributed by atoms with Crippen molar-refractivity contribution in [3.63, 3.8) is 0 Å². The van der Waals surface area contributed by atoms with Crippen molar-refractivity contribution in [3.8, 4) is 0 Å². The number of benzene rings is 3. The molecule has 0 spiro atoms. The Morgan fingerprint density at radius 1 is 0.926 bits per heavy atom. The van der Waals surface area contributed by atoms with Crippen LogP contribution in [0.4, 0.5) is 10.1 Å². The molecule has 0 bridgehead atoms. The van der Waals surface area contributed by atoms with Crippen molar-refractivity contribution < 1.29 is 4.39 Å².